The number of hydrogen-bond acceptors (Lipinski definition) is 9. The summed E-state index contributed by atoms with van der Waals surface area (Å²) in [5, 5.41) is 9.86. The monoisotopic (exact) mass is 431 g/mol. The number of aromatic amines is 1. The first-order valence-corrected chi connectivity index (χ1v) is 9.81. The number of aromatic nitrogens is 4. The summed E-state index contributed by atoms with van der Waals surface area (Å²) < 4.78 is 37.2. The van der Waals surface area contributed by atoms with Crippen molar-refractivity contribution < 1.29 is 28.4 Å². The number of ether oxygens (including phenoxy) is 4. The molecule has 2 saturated heterocycles. The highest BCUT2D eigenvalue weighted by molar-refractivity contribution is 5.78. The molecule has 5 heterocycles. The molecule has 2 fully saturated rings. The molecule has 0 aromatic carbocycles. The molecular formula is C20H22FN5O5. The van der Waals surface area contributed by atoms with Crippen LogP contribution in [0.2, 0.25) is 0 Å². The molecule has 164 valence electrons. The average Bonchev–Trinajstić information content (AvgIpc) is 3.44. The first kappa shape index (κ1) is 19.9. The molecule has 4 atom stereocenters. The molecule has 3 aromatic heterocycles. The minimum Gasteiger partial charge on any atom is -0.480 e. The molecule has 10 nitrogen and oxygen atoms in total. The lowest BCUT2D eigenvalue weighted by atomic mass is 10.1. The van der Waals surface area contributed by atoms with Crippen LogP contribution in [0.15, 0.2) is 18.2 Å². The van der Waals surface area contributed by atoms with Gasteiger partial charge in [0.15, 0.2) is 17.6 Å². The quantitative estimate of drug-likeness (QED) is 0.614. The highest BCUT2D eigenvalue weighted by atomic mass is 19.1. The van der Waals surface area contributed by atoms with Crippen LogP contribution >= 0.6 is 0 Å². The van der Waals surface area contributed by atoms with E-state index < -0.39 is 24.1 Å². The van der Waals surface area contributed by atoms with Crippen LogP contribution < -0.4 is 14.4 Å². The van der Waals surface area contributed by atoms with Gasteiger partial charge in [-0.05, 0) is 12.1 Å². The van der Waals surface area contributed by atoms with E-state index in [-0.39, 0.29) is 42.5 Å². The lowest BCUT2D eigenvalue weighted by Gasteiger charge is -2.15. The number of fused-ring (bicyclic) bond motifs is 2. The number of nitrogens with zero attached hydrogens (tertiary/aromatic N) is 4. The van der Waals surface area contributed by atoms with Gasteiger partial charge in [0.05, 0.1) is 31.4 Å². The third-order valence-corrected chi connectivity index (χ3v) is 5.40. The first-order chi connectivity index (χ1) is 14.9. The number of aliphatic hydroxyl groups excluding tert-OH is 1. The Kier molecular flexibility index (Phi) is 4.88. The van der Waals surface area contributed by atoms with Crippen LogP contribution in [0.5, 0.6) is 11.9 Å². The second kappa shape index (κ2) is 7.59. The van der Waals surface area contributed by atoms with Crippen LogP contribution in [0.1, 0.15) is 0 Å². The second-order valence-electron chi connectivity index (χ2n) is 7.67. The van der Waals surface area contributed by atoms with Crippen molar-refractivity contribution in [2.45, 2.75) is 24.4 Å². The van der Waals surface area contributed by atoms with Gasteiger partial charge in [0, 0.05) is 20.2 Å². The Bertz CT molecular complexity index is 1120. The van der Waals surface area contributed by atoms with Gasteiger partial charge in [-0.3, -0.25) is 0 Å². The Balaban J connectivity index is 1.45. The Labute approximate surface area is 176 Å². The fourth-order valence-electron chi connectivity index (χ4n) is 3.84. The first-order valence-electron chi connectivity index (χ1n) is 9.81. The van der Waals surface area contributed by atoms with Gasteiger partial charge >= 0.3 is 0 Å². The van der Waals surface area contributed by atoms with Gasteiger partial charge in [0.1, 0.15) is 29.8 Å². The highest BCUT2D eigenvalue weighted by Gasteiger charge is 2.48. The summed E-state index contributed by atoms with van der Waals surface area (Å²) in [6.07, 6.45) is -1.90. The third kappa shape index (κ3) is 3.44. The molecule has 11 heteroatoms. The van der Waals surface area contributed by atoms with Gasteiger partial charge in [-0.2, -0.15) is 9.97 Å². The molecule has 5 rings (SSSR count). The predicted octanol–water partition coefficient (Wildman–Crippen LogP) is 1.14. The number of anilines is 1. The van der Waals surface area contributed by atoms with Gasteiger partial charge in [-0.1, -0.05) is 0 Å². The minimum absolute atomic E-state index is 0.0757. The molecule has 0 radical (unpaired) electrons. The van der Waals surface area contributed by atoms with Gasteiger partial charge in [0.25, 0.3) is 6.01 Å². The Hall–Kier alpha value is -3.02. The smallest absolute Gasteiger partial charge is 0.296 e. The number of methoxy groups -OCH3 is 1. The fraction of sp³-hybridized carbons (Fsp3) is 0.450. The summed E-state index contributed by atoms with van der Waals surface area (Å²) in [5.41, 5.74) is 1.16. The fourth-order valence-corrected chi connectivity index (χ4v) is 3.84. The van der Waals surface area contributed by atoms with Gasteiger partial charge in [0.2, 0.25) is 5.88 Å². The van der Waals surface area contributed by atoms with E-state index in [4.69, 9.17) is 18.9 Å². The summed E-state index contributed by atoms with van der Waals surface area (Å²) in [4.78, 5) is 17.8. The Morgan fingerprint density at radius 3 is 2.74 bits per heavy atom. The minimum atomic E-state index is -0.671. The molecule has 0 spiro atoms. The molecular weight excluding hydrogens is 409 g/mol. The maximum absolute atomic E-state index is 14.9. The number of aliphatic hydroxyl groups is 1. The van der Waals surface area contributed by atoms with Crippen molar-refractivity contribution in [2.24, 2.45) is 0 Å². The zero-order valence-electron chi connectivity index (χ0n) is 17.2. The van der Waals surface area contributed by atoms with Crippen molar-refractivity contribution in [2.75, 3.05) is 39.3 Å². The lowest BCUT2D eigenvalue weighted by molar-refractivity contribution is 0.00706. The lowest BCUT2D eigenvalue weighted by Crippen LogP contribution is -2.34. The van der Waals surface area contributed by atoms with E-state index in [9.17, 15) is 9.50 Å². The molecule has 2 aliphatic rings. The zero-order chi connectivity index (χ0) is 21.7. The van der Waals surface area contributed by atoms with Crippen LogP contribution in [0, 0.1) is 5.82 Å². The van der Waals surface area contributed by atoms with Gasteiger partial charge in [-0.25, -0.2) is 9.37 Å². The molecule has 3 aromatic rings. The average molecular weight is 431 g/mol. The van der Waals surface area contributed by atoms with Crippen molar-refractivity contribution in [1.29, 1.82) is 0 Å². The predicted molar refractivity (Wildman–Crippen MR) is 108 cm³/mol. The number of hydrogen-bond donors (Lipinski definition) is 2. The van der Waals surface area contributed by atoms with Crippen LogP contribution in [0.3, 0.4) is 0 Å². The second-order valence-corrected chi connectivity index (χ2v) is 7.67. The van der Waals surface area contributed by atoms with Crippen molar-refractivity contribution >= 4 is 17.0 Å². The Morgan fingerprint density at radius 1 is 1.16 bits per heavy atom. The largest absolute Gasteiger partial charge is 0.480 e. The maximum Gasteiger partial charge on any atom is 0.296 e. The van der Waals surface area contributed by atoms with E-state index in [1.54, 1.807) is 12.1 Å². The summed E-state index contributed by atoms with van der Waals surface area (Å²) in [6.45, 7) is 0.464. The van der Waals surface area contributed by atoms with Crippen molar-refractivity contribution in [3.05, 3.63) is 24.0 Å². The topological polar surface area (TPSA) is 115 Å². The normalized spacial score (nSPS) is 25.1. The highest BCUT2D eigenvalue weighted by Crippen LogP contribution is 2.33. The summed E-state index contributed by atoms with van der Waals surface area (Å²) in [5.74, 6) is 0.385. The number of imidazole rings is 1. The molecule has 0 amide bonds. The number of nitrogens with one attached hydrogen (secondary N) is 1. The molecule has 2 aliphatic heterocycles. The molecule has 0 unspecified atom stereocenters. The molecule has 0 aliphatic carbocycles. The number of pyridine rings is 2. The van der Waals surface area contributed by atoms with Crippen molar-refractivity contribution in [1.82, 2.24) is 19.9 Å². The number of rotatable bonds is 5. The van der Waals surface area contributed by atoms with Crippen LogP contribution in [0.25, 0.3) is 22.4 Å². The summed E-state index contributed by atoms with van der Waals surface area (Å²) in [7, 11) is 5.18. The van der Waals surface area contributed by atoms with E-state index >= 15 is 0 Å². The standard InChI is InChI=1S/C20H22FN5O5/c1-26(2)14-5-4-9(19(23-14)28-3)15-10(21)6-11-18(24-15)25-20(22-11)31-13-8-30-16-12(27)7-29-17(13)16/h4-6,12-13,16-17,27H,7-8H2,1-3H3,(H,22,24,25)/t12-,13-,16-,17-/m1/s1. The van der Waals surface area contributed by atoms with Crippen LogP contribution in [0.4, 0.5) is 10.2 Å². The Morgan fingerprint density at radius 2 is 1.97 bits per heavy atom. The van der Waals surface area contributed by atoms with Crippen LogP contribution in [-0.4, -0.2) is 83.9 Å². The van der Waals surface area contributed by atoms with E-state index in [2.05, 4.69) is 19.9 Å². The molecule has 0 bridgehead atoms. The third-order valence-electron chi connectivity index (χ3n) is 5.40. The van der Waals surface area contributed by atoms with Gasteiger partial charge in [-0.15, -0.1) is 0 Å². The zero-order valence-corrected chi connectivity index (χ0v) is 17.2. The molecule has 0 saturated carbocycles. The van der Waals surface area contributed by atoms with Crippen LogP contribution in [-0.2, 0) is 9.47 Å². The van der Waals surface area contributed by atoms with E-state index in [0.717, 1.165) is 0 Å². The number of H-pyrrole nitrogens is 1. The van der Waals surface area contributed by atoms with Gasteiger partial charge < -0.3 is 33.9 Å². The van der Waals surface area contributed by atoms with Crippen molar-refractivity contribution in [3.63, 3.8) is 0 Å². The number of halogens is 1. The molecule has 31 heavy (non-hydrogen) atoms. The SMILES string of the molecule is COc1nc(N(C)C)ccc1-c1nc2nc(O[C@@H]3CO[C@H]4[C@@H]3OC[C@H]4O)[nH]c2cc1F. The van der Waals surface area contributed by atoms with E-state index in [0.29, 0.717) is 16.9 Å². The summed E-state index contributed by atoms with van der Waals surface area (Å²) >= 11 is 0. The van der Waals surface area contributed by atoms with E-state index in [1.165, 1.54) is 13.2 Å². The maximum atomic E-state index is 14.9. The molecule has 2 N–H and O–H groups in total. The van der Waals surface area contributed by atoms with E-state index in [1.807, 2.05) is 19.0 Å². The summed E-state index contributed by atoms with van der Waals surface area (Å²) in [6, 6.07) is 4.95. The van der Waals surface area contributed by atoms with Crippen molar-refractivity contribution in [3.8, 4) is 23.1 Å².